The molecule has 0 atom stereocenters. The first-order valence-corrected chi connectivity index (χ1v) is 5.23. The van der Waals surface area contributed by atoms with Gasteiger partial charge in [0, 0.05) is 12.1 Å². The first kappa shape index (κ1) is 12.6. The lowest BCUT2D eigenvalue weighted by Gasteiger charge is -2.03. The molecule has 0 bridgehead atoms. The molecule has 19 heavy (non-hydrogen) atoms. The minimum absolute atomic E-state index is 0.0121. The Morgan fingerprint density at radius 1 is 1.37 bits per heavy atom. The zero-order valence-electron chi connectivity index (χ0n) is 9.82. The number of nitro benzene ring substituents is 1. The molecular weight excluding hydrogens is 254 g/mol. The molecule has 0 aliphatic carbocycles. The number of carboxylic acids is 1. The number of aryl methyl sites for hydroxylation is 1. The normalized spacial score (nSPS) is 10.2. The van der Waals surface area contributed by atoms with E-state index in [4.69, 9.17) is 14.3 Å². The molecule has 1 N–H and O–H groups in total. The van der Waals surface area contributed by atoms with Crippen LogP contribution in [0.5, 0.6) is 11.7 Å². The van der Waals surface area contributed by atoms with Crippen LogP contribution in [0.15, 0.2) is 34.7 Å². The fourth-order valence-corrected chi connectivity index (χ4v) is 1.45. The van der Waals surface area contributed by atoms with Gasteiger partial charge in [0.1, 0.15) is 0 Å². The van der Waals surface area contributed by atoms with E-state index >= 15 is 0 Å². The van der Waals surface area contributed by atoms with Crippen molar-refractivity contribution in [1.82, 2.24) is 0 Å². The van der Waals surface area contributed by atoms with Crippen LogP contribution < -0.4 is 4.74 Å². The summed E-state index contributed by atoms with van der Waals surface area (Å²) in [5.41, 5.74) is 0.498. The highest BCUT2D eigenvalue weighted by Crippen LogP contribution is 2.32. The topological polar surface area (TPSA) is 103 Å². The third-order valence-corrected chi connectivity index (χ3v) is 2.31. The van der Waals surface area contributed by atoms with E-state index in [1.807, 2.05) is 0 Å². The van der Waals surface area contributed by atoms with Crippen molar-refractivity contribution >= 4 is 11.7 Å². The first-order valence-electron chi connectivity index (χ1n) is 5.23. The minimum Gasteiger partial charge on any atom is -0.475 e. The number of furan rings is 1. The molecule has 0 amide bonds. The Bertz CT molecular complexity index is 645. The van der Waals surface area contributed by atoms with Crippen LogP contribution in [-0.2, 0) is 0 Å². The summed E-state index contributed by atoms with van der Waals surface area (Å²) in [5, 5.41) is 19.6. The number of hydrogen-bond donors (Lipinski definition) is 1. The van der Waals surface area contributed by atoms with E-state index in [9.17, 15) is 14.9 Å². The van der Waals surface area contributed by atoms with Crippen LogP contribution in [-0.4, -0.2) is 16.0 Å². The molecular formula is C12H9NO6. The van der Waals surface area contributed by atoms with Gasteiger partial charge in [0.05, 0.1) is 4.92 Å². The lowest BCUT2D eigenvalue weighted by atomic mass is 10.2. The monoisotopic (exact) mass is 263 g/mol. The molecule has 1 aromatic heterocycles. The molecule has 0 spiro atoms. The number of hydrogen-bond acceptors (Lipinski definition) is 5. The van der Waals surface area contributed by atoms with E-state index < -0.39 is 10.9 Å². The summed E-state index contributed by atoms with van der Waals surface area (Å²) in [6.07, 6.45) is 0. The molecule has 0 aliphatic heterocycles. The van der Waals surface area contributed by atoms with Crippen molar-refractivity contribution in [2.24, 2.45) is 0 Å². The van der Waals surface area contributed by atoms with Gasteiger partial charge in [-0.25, -0.2) is 4.79 Å². The number of nitro groups is 1. The summed E-state index contributed by atoms with van der Waals surface area (Å²) in [4.78, 5) is 20.9. The predicted molar refractivity (Wildman–Crippen MR) is 63.6 cm³/mol. The lowest BCUT2D eigenvalue weighted by Crippen LogP contribution is -1.94. The van der Waals surface area contributed by atoms with Crippen LogP contribution in [0.1, 0.15) is 16.1 Å². The zero-order chi connectivity index (χ0) is 14.0. The summed E-state index contributed by atoms with van der Waals surface area (Å²) >= 11 is 0. The molecule has 0 fully saturated rings. The van der Waals surface area contributed by atoms with Gasteiger partial charge in [-0.1, -0.05) is 6.07 Å². The first-order chi connectivity index (χ1) is 8.97. The number of nitrogens with zero attached hydrogens (tertiary/aromatic N) is 1. The Labute approximate surface area is 107 Å². The average molecular weight is 263 g/mol. The van der Waals surface area contributed by atoms with Crippen LogP contribution in [0.4, 0.5) is 5.69 Å². The van der Waals surface area contributed by atoms with Crippen LogP contribution in [0.2, 0.25) is 0 Å². The highest BCUT2D eigenvalue weighted by atomic mass is 16.6. The molecule has 98 valence electrons. The third-order valence-electron chi connectivity index (χ3n) is 2.31. The number of benzene rings is 1. The number of aromatic carboxylic acids is 1. The van der Waals surface area contributed by atoms with Gasteiger partial charge >= 0.3 is 11.7 Å². The van der Waals surface area contributed by atoms with Crippen LogP contribution in [0, 0.1) is 17.0 Å². The van der Waals surface area contributed by atoms with Crippen LogP contribution in [0.3, 0.4) is 0 Å². The SMILES string of the molecule is Cc1ccc(Oc2ccc(C(=O)O)o2)c([N+](=O)[O-])c1. The molecule has 0 aliphatic rings. The van der Waals surface area contributed by atoms with Gasteiger partial charge in [-0.2, -0.15) is 0 Å². The van der Waals surface area contributed by atoms with Crippen molar-refractivity contribution in [2.45, 2.75) is 6.92 Å². The Morgan fingerprint density at radius 3 is 2.68 bits per heavy atom. The Morgan fingerprint density at radius 2 is 2.11 bits per heavy atom. The summed E-state index contributed by atoms with van der Waals surface area (Å²) in [6.45, 7) is 1.71. The van der Waals surface area contributed by atoms with Crippen molar-refractivity contribution in [1.29, 1.82) is 0 Å². The summed E-state index contributed by atoms with van der Waals surface area (Å²) in [5.74, 6) is -1.68. The van der Waals surface area contributed by atoms with Gasteiger partial charge in [0.2, 0.25) is 11.5 Å². The smallest absolute Gasteiger partial charge is 0.371 e. The summed E-state index contributed by atoms with van der Waals surface area (Å²) in [7, 11) is 0. The maximum Gasteiger partial charge on any atom is 0.371 e. The molecule has 2 rings (SSSR count). The predicted octanol–water partition coefficient (Wildman–Crippen LogP) is 2.99. The average Bonchev–Trinajstić information content (AvgIpc) is 2.80. The van der Waals surface area contributed by atoms with Gasteiger partial charge in [-0.05, 0) is 24.6 Å². The fourth-order valence-electron chi connectivity index (χ4n) is 1.45. The van der Waals surface area contributed by atoms with E-state index in [-0.39, 0.29) is 23.1 Å². The Kier molecular flexibility index (Phi) is 3.19. The molecule has 7 heteroatoms. The van der Waals surface area contributed by atoms with Crippen molar-refractivity contribution in [3.8, 4) is 11.7 Å². The number of carboxylic acid groups (broad SMARTS) is 1. The van der Waals surface area contributed by atoms with Gasteiger partial charge in [0.25, 0.3) is 5.95 Å². The fraction of sp³-hybridized carbons (Fsp3) is 0.0833. The maximum atomic E-state index is 10.9. The lowest BCUT2D eigenvalue weighted by molar-refractivity contribution is -0.385. The minimum atomic E-state index is -1.24. The molecule has 7 nitrogen and oxygen atoms in total. The van der Waals surface area contributed by atoms with Crippen molar-refractivity contribution in [3.05, 3.63) is 51.8 Å². The Balaban J connectivity index is 2.32. The van der Waals surface area contributed by atoms with E-state index in [1.165, 1.54) is 24.3 Å². The summed E-state index contributed by atoms with van der Waals surface area (Å²) in [6, 6.07) is 6.92. The second-order valence-electron chi connectivity index (χ2n) is 3.75. The van der Waals surface area contributed by atoms with Crippen LogP contribution >= 0.6 is 0 Å². The molecule has 1 heterocycles. The quantitative estimate of drug-likeness (QED) is 0.671. The molecule has 1 aromatic carbocycles. The molecule has 0 saturated heterocycles. The highest BCUT2D eigenvalue weighted by Gasteiger charge is 2.18. The van der Waals surface area contributed by atoms with E-state index in [0.29, 0.717) is 5.56 Å². The second-order valence-corrected chi connectivity index (χ2v) is 3.75. The number of carbonyl (C=O) groups is 1. The Hall–Kier alpha value is -2.83. The standard InChI is InChI=1S/C12H9NO6/c1-7-2-3-9(8(6-7)13(16)17)18-11-5-4-10(19-11)12(14)15/h2-6H,1H3,(H,14,15). The summed E-state index contributed by atoms with van der Waals surface area (Å²) < 4.78 is 10.1. The van der Waals surface area contributed by atoms with Gasteiger partial charge in [-0.3, -0.25) is 10.1 Å². The van der Waals surface area contributed by atoms with E-state index in [1.54, 1.807) is 13.0 Å². The van der Waals surface area contributed by atoms with Crippen molar-refractivity contribution in [2.75, 3.05) is 0 Å². The molecule has 2 aromatic rings. The van der Waals surface area contributed by atoms with E-state index in [2.05, 4.69) is 0 Å². The largest absolute Gasteiger partial charge is 0.475 e. The highest BCUT2D eigenvalue weighted by molar-refractivity contribution is 5.84. The second kappa shape index (κ2) is 4.81. The zero-order valence-corrected chi connectivity index (χ0v) is 9.82. The van der Waals surface area contributed by atoms with Gasteiger partial charge < -0.3 is 14.3 Å². The third kappa shape index (κ3) is 2.71. The van der Waals surface area contributed by atoms with Gasteiger partial charge in [0.15, 0.2) is 0 Å². The van der Waals surface area contributed by atoms with Gasteiger partial charge in [-0.15, -0.1) is 0 Å². The number of ether oxygens (including phenoxy) is 1. The van der Waals surface area contributed by atoms with E-state index in [0.717, 1.165) is 0 Å². The van der Waals surface area contributed by atoms with Crippen molar-refractivity contribution < 1.29 is 24.0 Å². The molecule has 0 radical (unpaired) electrons. The molecule has 0 unspecified atom stereocenters. The molecule has 0 saturated carbocycles. The number of rotatable bonds is 4. The van der Waals surface area contributed by atoms with Crippen LogP contribution in [0.25, 0.3) is 0 Å². The maximum absolute atomic E-state index is 10.9. The van der Waals surface area contributed by atoms with Crippen molar-refractivity contribution in [3.63, 3.8) is 0 Å².